The lowest BCUT2D eigenvalue weighted by atomic mass is 10.1. The van der Waals surface area contributed by atoms with Crippen LogP contribution in [0, 0.1) is 0 Å². The Morgan fingerprint density at radius 3 is 2.63 bits per heavy atom. The number of aromatic nitrogens is 4. The van der Waals surface area contributed by atoms with Gasteiger partial charge < -0.3 is 20.6 Å². The number of carbonyl (C=O) groups is 2. The number of carbonyl (C=O) groups excluding carboxylic acids is 1. The monoisotopic (exact) mass is 469 g/mol. The quantitative estimate of drug-likeness (QED) is 0.407. The standard InChI is InChI=1S/C25H23N7O3/c33-22-11-16-6-7-17(28-16)14-31(22)19-8-9-21(26-13-19)29-25-27-12-15-10-20(24(34)35)32(23(15)30-25)18-4-2-1-3-5-18/h1-5,8-10,12-13,16-17,28H,6-7,11,14H2,(H,34,35)(H,26,27,29,30)/t16-,17+/m0/s1. The van der Waals surface area contributed by atoms with Crippen molar-refractivity contribution in [3.8, 4) is 5.69 Å². The highest BCUT2D eigenvalue weighted by Crippen LogP contribution is 2.27. The molecule has 4 aromatic rings. The number of amides is 1. The van der Waals surface area contributed by atoms with Gasteiger partial charge in [0.15, 0.2) is 5.65 Å². The molecular weight excluding hydrogens is 446 g/mol. The van der Waals surface area contributed by atoms with E-state index in [4.69, 9.17) is 0 Å². The highest BCUT2D eigenvalue weighted by atomic mass is 16.4. The molecule has 6 rings (SSSR count). The van der Waals surface area contributed by atoms with Crippen molar-refractivity contribution in [1.82, 2.24) is 24.8 Å². The molecule has 35 heavy (non-hydrogen) atoms. The van der Waals surface area contributed by atoms with E-state index in [0.717, 1.165) is 18.5 Å². The zero-order valence-electron chi connectivity index (χ0n) is 18.8. The summed E-state index contributed by atoms with van der Waals surface area (Å²) >= 11 is 0. The molecule has 10 heteroatoms. The number of fused-ring (bicyclic) bond motifs is 3. The van der Waals surface area contributed by atoms with Crippen molar-refractivity contribution < 1.29 is 14.7 Å². The third kappa shape index (κ3) is 3.97. The first kappa shape index (κ1) is 21.2. The second-order valence-electron chi connectivity index (χ2n) is 8.85. The minimum absolute atomic E-state index is 0.102. The number of pyridine rings is 1. The van der Waals surface area contributed by atoms with Crippen LogP contribution in [0.25, 0.3) is 16.7 Å². The molecule has 1 aromatic carbocycles. The number of para-hydroxylation sites is 1. The van der Waals surface area contributed by atoms with Gasteiger partial charge in [-0.15, -0.1) is 0 Å². The maximum atomic E-state index is 12.7. The van der Waals surface area contributed by atoms with E-state index in [1.54, 1.807) is 34.0 Å². The average Bonchev–Trinajstić information content (AvgIpc) is 3.43. The summed E-state index contributed by atoms with van der Waals surface area (Å²) in [6, 6.07) is 15.0. The number of nitrogens with zero attached hydrogens (tertiary/aromatic N) is 5. The SMILES string of the molecule is O=C(O)c1cc2cnc(Nc3ccc(N4C[C@H]5CC[C@@H](CC4=O)N5)cn3)nc2n1-c1ccccc1. The Hall–Kier alpha value is -4.31. The molecule has 176 valence electrons. The van der Waals surface area contributed by atoms with Crippen LogP contribution in [0.1, 0.15) is 29.8 Å². The predicted molar refractivity (Wildman–Crippen MR) is 130 cm³/mol. The fraction of sp³-hybridized carbons (Fsp3) is 0.240. The van der Waals surface area contributed by atoms with Crippen LogP contribution >= 0.6 is 0 Å². The Morgan fingerprint density at radius 2 is 1.86 bits per heavy atom. The van der Waals surface area contributed by atoms with Crippen molar-refractivity contribution in [3.63, 3.8) is 0 Å². The van der Waals surface area contributed by atoms with Crippen molar-refractivity contribution in [3.05, 3.63) is 66.6 Å². The fourth-order valence-corrected chi connectivity index (χ4v) is 4.88. The lowest BCUT2D eigenvalue weighted by Gasteiger charge is -2.24. The topological polar surface area (TPSA) is 125 Å². The first-order valence-corrected chi connectivity index (χ1v) is 11.5. The molecule has 2 bridgehead atoms. The summed E-state index contributed by atoms with van der Waals surface area (Å²) in [5, 5.41) is 16.9. The molecule has 1 amide bonds. The molecule has 3 aromatic heterocycles. The summed E-state index contributed by atoms with van der Waals surface area (Å²) in [5.74, 6) is -0.134. The number of rotatable bonds is 5. The maximum absolute atomic E-state index is 12.7. The molecule has 0 saturated carbocycles. The number of hydrogen-bond acceptors (Lipinski definition) is 7. The van der Waals surface area contributed by atoms with Gasteiger partial charge in [0.2, 0.25) is 11.9 Å². The van der Waals surface area contributed by atoms with Crippen LogP contribution in [0.2, 0.25) is 0 Å². The van der Waals surface area contributed by atoms with Gasteiger partial charge in [-0.05, 0) is 43.2 Å². The van der Waals surface area contributed by atoms with E-state index < -0.39 is 5.97 Å². The highest BCUT2D eigenvalue weighted by Gasteiger charge is 2.34. The molecule has 3 N–H and O–H groups in total. The second kappa shape index (κ2) is 8.48. The molecule has 2 saturated heterocycles. The van der Waals surface area contributed by atoms with Crippen molar-refractivity contribution in [2.75, 3.05) is 16.8 Å². The van der Waals surface area contributed by atoms with Crippen LogP contribution in [0.3, 0.4) is 0 Å². The summed E-state index contributed by atoms with van der Waals surface area (Å²) in [7, 11) is 0. The zero-order valence-corrected chi connectivity index (χ0v) is 18.8. The van der Waals surface area contributed by atoms with E-state index in [-0.39, 0.29) is 23.6 Å². The summed E-state index contributed by atoms with van der Waals surface area (Å²) in [6.07, 6.45) is 5.90. The van der Waals surface area contributed by atoms with E-state index in [0.29, 0.717) is 41.5 Å². The van der Waals surface area contributed by atoms with Gasteiger partial charge in [-0.3, -0.25) is 9.36 Å². The number of hydrogen-bond donors (Lipinski definition) is 3. The predicted octanol–water partition coefficient (Wildman–Crippen LogP) is 3.11. The molecule has 0 unspecified atom stereocenters. The zero-order chi connectivity index (χ0) is 23.9. The molecule has 2 aliphatic rings. The summed E-state index contributed by atoms with van der Waals surface area (Å²) in [5.41, 5.74) is 2.03. The number of anilines is 3. The smallest absolute Gasteiger partial charge is 0.352 e. The van der Waals surface area contributed by atoms with Gasteiger partial charge in [-0.25, -0.2) is 14.8 Å². The summed E-state index contributed by atoms with van der Waals surface area (Å²) in [4.78, 5) is 39.7. The Bertz CT molecular complexity index is 1420. The molecule has 0 aliphatic carbocycles. The third-order valence-electron chi connectivity index (χ3n) is 6.53. The molecule has 2 fully saturated rings. The number of carboxylic acid groups (broad SMARTS) is 1. The minimum Gasteiger partial charge on any atom is -0.477 e. The van der Waals surface area contributed by atoms with Crippen LogP contribution in [-0.4, -0.2) is 55.1 Å². The Morgan fingerprint density at radius 1 is 1.03 bits per heavy atom. The molecule has 2 atom stereocenters. The fourth-order valence-electron chi connectivity index (χ4n) is 4.88. The van der Waals surface area contributed by atoms with E-state index in [9.17, 15) is 14.7 Å². The van der Waals surface area contributed by atoms with Crippen LogP contribution in [0.15, 0.2) is 60.9 Å². The molecule has 5 heterocycles. The largest absolute Gasteiger partial charge is 0.477 e. The first-order chi connectivity index (χ1) is 17.0. The third-order valence-corrected chi connectivity index (χ3v) is 6.53. The van der Waals surface area contributed by atoms with Crippen molar-refractivity contribution in [2.24, 2.45) is 0 Å². The van der Waals surface area contributed by atoms with Crippen molar-refractivity contribution in [2.45, 2.75) is 31.3 Å². The highest BCUT2D eigenvalue weighted by molar-refractivity contribution is 5.95. The van der Waals surface area contributed by atoms with Crippen molar-refractivity contribution in [1.29, 1.82) is 0 Å². The lowest BCUT2D eigenvalue weighted by Crippen LogP contribution is -2.37. The molecule has 2 aliphatic heterocycles. The van der Waals surface area contributed by atoms with Crippen LogP contribution in [-0.2, 0) is 4.79 Å². The summed E-state index contributed by atoms with van der Waals surface area (Å²) < 4.78 is 1.59. The Balaban J connectivity index is 1.28. The normalized spacial score (nSPS) is 19.7. The number of nitrogens with one attached hydrogen (secondary N) is 2. The second-order valence-corrected chi connectivity index (χ2v) is 8.85. The molecule has 10 nitrogen and oxygen atoms in total. The average molecular weight is 470 g/mol. The van der Waals surface area contributed by atoms with Gasteiger partial charge in [-0.1, -0.05) is 18.2 Å². The number of carboxylic acids is 1. The molecule has 0 spiro atoms. The van der Waals surface area contributed by atoms with Gasteiger partial charge in [0, 0.05) is 42.3 Å². The van der Waals surface area contributed by atoms with Gasteiger partial charge in [-0.2, -0.15) is 4.98 Å². The van der Waals surface area contributed by atoms with Gasteiger partial charge in [0.25, 0.3) is 0 Å². The lowest BCUT2D eigenvalue weighted by molar-refractivity contribution is -0.118. The van der Waals surface area contributed by atoms with E-state index in [1.807, 2.05) is 36.4 Å². The van der Waals surface area contributed by atoms with E-state index in [2.05, 4.69) is 25.6 Å². The van der Waals surface area contributed by atoms with Gasteiger partial charge in [0.1, 0.15) is 11.5 Å². The number of benzene rings is 1. The Labute approximate surface area is 200 Å². The van der Waals surface area contributed by atoms with E-state index >= 15 is 0 Å². The number of aromatic carboxylic acids is 1. The van der Waals surface area contributed by atoms with E-state index in [1.165, 1.54) is 0 Å². The van der Waals surface area contributed by atoms with Crippen molar-refractivity contribution >= 4 is 40.4 Å². The first-order valence-electron chi connectivity index (χ1n) is 11.5. The summed E-state index contributed by atoms with van der Waals surface area (Å²) in [6.45, 7) is 0.645. The molecule has 0 radical (unpaired) electrons. The maximum Gasteiger partial charge on any atom is 0.352 e. The van der Waals surface area contributed by atoms with Crippen LogP contribution in [0.4, 0.5) is 17.5 Å². The van der Waals surface area contributed by atoms with Crippen LogP contribution < -0.4 is 15.5 Å². The minimum atomic E-state index is -1.05. The molecular formula is C25H23N7O3. The van der Waals surface area contributed by atoms with Gasteiger partial charge in [0.05, 0.1) is 11.9 Å². The Kier molecular flexibility index (Phi) is 5.14. The van der Waals surface area contributed by atoms with Gasteiger partial charge >= 0.3 is 5.97 Å². The van der Waals surface area contributed by atoms with Crippen LogP contribution in [0.5, 0.6) is 0 Å².